The highest BCUT2D eigenvalue weighted by atomic mass is 16.2. The number of amides is 1. The molecule has 3 N–H and O–H groups in total. The summed E-state index contributed by atoms with van der Waals surface area (Å²) in [4.78, 5) is 12.9. The first kappa shape index (κ1) is 19.8. The van der Waals surface area contributed by atoms with Crippen molar-refractivity contribution in [2.45, 2.75) is 32.9 Å². The first-order valence-electron chi connectivity index (χ1n) is 9.91. The molecule has 1 amide bonds. The van der Waals surface area contributed by atoms with Crippen LogP contribution in [0.1, 0.15) is 32.4 Å². The van der Waals surface area contributed by atoms with Crippen LogP contribution < -0.4 is 10.6 Å². The molecule has 3 heteroatoms. The Morgan fingerprint density at radius 1 is 0.786 bits per heavy atom. The summed E-state index contributed by atoms with van der Waals surface area (Å²) < 4.78 is 0. The molecule has 3 aromatic rings. The summed E-state index contributed by atoms with van der Waals surface area (Å²) >= 11 is 0. The van der Waals surface area contributed by atoms with Gasteiger partial charge in [0.1, 0.15) is 6.04 Å². The lowest BCUT2D eigenvalue weighted by atomic mass is 9.95. The lowest BCUT2D eigenvalue weighted by molar-refractivity contribution is -0.718. The largest absolute Gasteiger partial charge is 0.330 e. The maximum Gasteiger partial charge on any atom is 0.282 e. The normalized spacial score (nSPS) is 13.1. The van der Waals surface area contributed by atoms with Gasteiger partial charge in [-0.2, -0.15) is 0 Å². The lowest BCUT2D eigenvalue weighted by Gasteiger charge is -2.23. The van der Waals surface area contributed by atoms with E-state index < -0.39 is 0 Å². The van der Waals surface area contributed by atoms with E-state index in [9.17, 15) is 4.79 Å². The Bertz CT molecular complexity index is 891. The SMILES string of the molecule is CC(C)[C@H]([NH2+][C@@H](C)C(=O)Nc1ccccc1-c1ccccc1)c1ccccc1. The molecular weight excluding hydrogens is 344 g/mol. The quantitative estimate of drug-likeness (QED) is 0.623. The van der Waals surface area contributed by atoms with Crippen LogP contribution in [0, 0.1) is 5.92 Å². The standard InChI is InChI=1S/C25H28N2O/c1-18(2)24(21-14-8-5-9-15-21)26-19(3)25(28)27-23-17-11-10-16-22(23)20-12-6-4-7-13-20/h4-19,24,26H,1-3H3,(H,27,28)/p+1/t19-,24-/m0/s1. The number of carbonyl (C=O) groups is 1. The number of nitrogens with two attached hydrogens (primary N) is 1. The van der Waals surface area contributed by atoms with Crippen LogP contribution in [0.2, 0.25) is 0 Å². The van der Waals surface area contributed by atoms with Crippen LogP contribution >= 0.6 is 0 Å². The van der Waals surface area contributed by atoms with Gasteiger partial charge < -0.3 is 10.6 Å². The fourth-order valence-corrected chi connectivity index (χ4v) is 3.50. The third kappa shape index (κ3) is 4.87. The highest BCUT2D eigenvalue weighted by Gasteiger charge is 2.26. The van der Waals surface area contributed by atoms with E-state index in [-0.39, 0.29) is 18.0 Å². The Kier molecular flexibility index (Phi) is 6.62. The smallest absolute Gasteiger partial charge is 0.282 e. The number of anilines is 1. The van der Waals surface area contributed by atoms with Crippen molar-refractivity contribution in [2.75, 3.05) is 5.32 Å². The molecule has 28 heavy (non-hydrogen) atoms. The molecule has 0 radical (unpaired) electrons. The summed E-state index contributed by atoms with van der Waals surface area (Å²) in [5.74, 6) is 0.444. The molecule has 0 aliphatic carbocycles. The van der Waals surface area contributed by atoms with Crippen molar-refractivity contribution >= 4 is 11.6 Å². The van der Waals surface area contributed by atoms with Crippen molar-refractivity contribution in [3.63, 3.8) is 0 Å². The molecule has 0 spiro atoms. The molecule has 0 aliphatic rings. The average molecular weight is 374 g/mol. The van der Waals surface area contributed by atoms with Gasteiger partial charge in [-0.15, -0.1) is 0 Å². The second-order valence-electron chi connectivity index (χ2n) is 7.56. The minimum Gasteiger partial charge on any atom is -0.330 e. The summed E-state index contributed by atoms with van der Waals surface area (Å²) in [6, 6.07) is 28.5. The summed E-state index contributed by atoms with van der Waals surface area (Å²) in [5, 5.41) is 5.30. The second kappa shape index (κ2) is 9.34. The minimum absolute atomic E-state index is 0.0185. The van der Waals surface area contributed by atoms with Gasteiger partial charge in [-0.05, 0) is 18.6 Å². The van der Waals surface area contributed by atoms with Crippen molar-refractivity contribution < 1.29 is 10.1 Å². The Labute approximate surface area is 167 Å². The summed E-state index contributed by atoms with van der Waals surface area (Å²) in [5.41, 5.74) is 4.23. The maximum absolute atomic E-state index is 12.9. The van der Waals surface area contributed by atoms with Gasteiger partial charge in [0.25, 0.3) is 5.91 Å². The third-order valence-electron chi connectivity index (χ3n) is 5.08. The van der Waals surface area contributed by atoms with Gasteiger partial charge >= 0.3 is 0 Å². The first-order valence-corrected chi connectivity index (χ1v) is 9.91. The zero-order valence-electron chi connectivity index (χ0n) is 16.8. The fourth-order valence-electron chi connectivity index (χ4n) is 3.50. The molecule has 0 unspecified atom stereocenters. The Hall–Kier alpha value is -2.91. The Balaban J connectivity index is 1.75. The van der Waals surface area contributed by atoms with Crippen LogP contribution in [-0.2, 0) is 4.79 Å². The van der Waals surface area contributed by atoms with Crippen molar-refractivity contribution in [1.82, 2.24) is 0 Å². The molecule has 2 atom stereocenters. The van der Waals surface area contributed by atoms with Gasteiger partial charge in [0.2, 0.25) is 0 Å². The van der Waals surface area contributed by atoms with Crippen molar-refractivity contribution in [2.24, 2.45) is 5.92 Å². The van der Waals surface area contributed by atoms with Gasteiger partial charge in [0, 0.05) is 22.7 Å². The molecule has 0 saturated carbocycles. The van der Waals surface area contributed by atoms with Crippen LogP contribution in [0.4, 0.5) is 5.69 Å². The Morgan fingerprint density at radius 3 is 2.00 bits per heavy atom. The number of quaternary nitrogens is 1. The molecule has 0 fully saturated rings. The predicted octanol–water partition coefficient (Wildman–Crippen LogP) is 4.64. The number of rotatable bonds is 7. The predicted molar refractivity (Wildman–Crippen MR) is 116 cm³/mol. The monoisotopic (exact) mass is 373 g/mol. The number of hydrogen-bond donors (Lipinski definition) is 2. The highest BCUT2D eigenvalue weighted by molar-refractivity contribution is 5.97. The Morgan fingerprint density at radius 2 is 1.36 bits per heavy atom. The fraction of sp³-hybridized carbons (Fsp3) is 0.240. The molecule has 3 aromatic carbocycles. The molecule has 0 aromatic heterocycles. The maximum atomic E-state index is 12.9. The van der Waals surface area contributed by atoms with Gasteiger partial charge in [-0.3, -0.25) is 4.79 Å². The molecule has 0 heterocycles. The molecule has 0 saturated heterocycles. The zero-order chi connectivity index (χ0) is 19.9. The topological polar surface area (TPSA) is 45.7 Å². The van der Waals surface area contributed by atoms with Crippen molar-refractivity contribution in [3.8, 4) is 11.1 Å². The molecule has 3 nitrogen and oxygen atoms in total. The van der Waals surface area contributed by atoms with E-state index in [2.05, 4.69) is 60.9 Å². The molecule has 3 rings (SSSR count). The minimum atomic E-state index is -0.198. The number of benzene rings is 3. The average Bonchev–Trinajstić information content (AvgIpc) is 2.73. The van der Waals surface area contributed by atoms with E-state index in [0.29, 0.717) is 5.92 Å². The number of para-hydroxylation sites is 1. The van der Waals surface area contributed by atoms with Crippen LogP contribution in [0.5, 0.6) is 0 Å². The molecular formula is C25H29N2O+. The van der Waals surface area contributed by atoms with Crippen molar-refractivity contribution in [3.05, 3.63) is 90.5 Å². The van der Waals surface area contributed by atoms with Gasteiger partial charge in [-0.25, -0.2) is 0 Å². The molecule has 0 bridgehead atoms. The molecule has 0 aliphatic heterocycles. The van der Waals surface area contributed by atoms with Crippen LogP contribution in [0.25, 0.3) is 11.1 Å². The summed E-state index contributed by atoms with van der Waals surface area (Å²) in [6.45, 7) is 6.37. The summed E-state index contributed by atoms with van der Waals surface area (Å²) in [6.07, 6.45) is 0. The summed E-state index contributed by atoms with van der Waals surface area (Å²) in [7, 11) is 0. The third-order valence-corrected chi connectivity index (χ3v) is 5.08. The van der Waals surface area contributed by atoms with E-state index in [0.717, 1.165) is 16.8 Å². The second-order valence-corrected chi connectivity index (χ2v) is 7.56. The number of hydrogen-bond acceptors (Lipinski definition) is 1. The van der Waals surface area contributed by atoms with Crippen molar-refractivity contribution in [1.29, 1.82) is 0 Å². The van der Waals surface area contributed by atoms with E-state index in [1.807, 2.05) is 55.5 Å². The molecule has 144 valence electrons. The van der Waals surface area contributed by atoms with Crippen LogP contribution in [-0.4, -0.2) is 11.9 Å². The zero-order valence-corrected chi connectivity index (χ0v) is 16.8. The van der Waals surface area contributed by atoms with E-state index in [4.69, 9.17) is 0 Å². The number of nitrogens with one attached hydrogen (secondary N) is 1. The van der Waals surface area contributed by atoms with Crippen LogP contribution in [0.3, 0.4) is 0 Å². The van der Waals surface area contributed by atoms with Gasteiger partial charge in [0.15, 0.2) is 6.04 Å². The van der Waals surface area contributed by atoms with Crippen LogP contribution in [0.15, 0.2) is 84.9 Å². The van der Waals surface area contributed by atoms with E-state index in [1.165, 1.54) is 5.56 Å². The van der Waals surface area contributed by atoms with E-state index in [1.54, 1.807) is 0 Å². The highest BCUT2D eigenvalue weighted by Crippen LogP contribution is 2.27. The van der Waals surface area contributed by atoms with Gasteiger partial charge in [0.05, 0.1) is 0 Å². The lowest BCUT2D eigenvalue weighted by Crippen LogP contribution is -2.93. The van der Waals surface area contributed by atoms with E-state index >= 15 is 0 Å². The first-order chi connectivity index (χ1) is 13.6. The van der Waals surface area contributed by atoms with Gasteiger partial charge in [-0.1, -0.05) is 92.7 Å². The number of carbonyl (C=O) groups excluding carboxylic acids is 1.